The molecule has 3 heterocycles. The third-order valence-corrected chi connectivity index (χ3v) is 5.80. The maximum absolute atomic E-state index is 14.3. The summed E-state index contributed by atoms with van der Waals surface area (Å²) in [6.07, 6.45) is 4.48. The van der Waals surface area contributed by atoms with Crippen molar-refractivity contribution in [2.24, 2.45) is 0 Å². The summed E-state index contributed by atoms with van der Waals surface area (Å²) in [5.74, 6) is -0.208. The van der Waals surface area contributed by atoms with E-state index in [9.17, 15) is 9.18 Å². The molecular formula is C23H20ClFN6O3. The van der Waals surface area contributed by atoms with Crippen LogP contribution in [0.4, 0.5) is 4.39 Å². The van der Waals surface area contributed by atoms with Crippen LogP contribution in [0.25, 0.3) is 17.1 Å². The molecule has 1 atom stereocenters. The molecule has 0 bridgehead atoms. The molecule has 0 radical (unpaired) electrons. The predicted molar refractivity (Wildman–Crippen MR) is 120 cm³/mol. The van der Waals surface area contributed by atoms with E-state index in [0.717, 1.165) is 6.42 Å². The number of para-hydroxylation sites is 1. The summed E-state index contributed by atoms with van der Waals surface area (Å²) in [6, 6.07) is 9.06. The summed E-state index contributed by atoms with van der Waals surface area (Å²) in [5, 5.41) is 12.8. The Bertz CT molecular complexity index is 1330. The van der Waals surface area contributed by atoms with E-state index in [2.05, 4.69) is 20.3 Å². The minimum atomic E-state index is -0.515. The molecule has 1 amide bonds. The lowest BCUT2D eigenvalue weighted by molar-refractivity contribution is 0.0728. The lowest BCUT2D eigenvalue weighted by Crippen LogP contribution is -2.32. The van der Waals surface area contributed by atoms with Gasteiger partial charge in [0.2, 0.25) is 0 Å². The van der Waals surface area contributed by atoms with E-state index >= 15 is 0 Å². The van der Waals surface area contributed by atoms with Crippen LogP contribution in [0.15, 0.2) is 53.3 Å². The van der Waals surface area contributed by atoms with Gasteiger partial charge in [-0.05, 0) is 50.1 Å². The summed E-state index contributed by atoms with van der Waals surface area (Å²) in [5.41, 5.74) is 1.24. The minimum Gasteiger partial charge on any atom is -0.490 e. The fraction of sp³-hybridized carbons (Fsp3) is 0.261. The van der Waals surface area contributed by atoms with Crippen molar-refractivity contribution in [1.29, 1.82) is 0 Å². The number of hydrogen-bond acceptors (Lipinski definition) is 7. The van der Waals surface area contributed by atoms with Crippen molar-refractivity contribution >= 4 is 17.5 Å². The van der Waals surface area contributed by atoms with Crippen molar-refractivity contribution in [2.75, 3.05) is 13.2 Å². The first-order valence-corrected chi connectivity index (χ1v) is 11.2. The fourth-order valence-corrected chi connectivity index (χ4v) is 4.24. The van der Waals surface area contributed by atoms with Gasteiger partial charge in [0, 0.05) is 11.6 Å². The van der Waals surface area contributed by atoms with Crippen molar-refractivity contribution in [2.45, 2.75) is 25.8 Å². The predicted octanol–water partition coefficient (Wildman–Crippen LogP) is 4.49. The minimum absolute atomic E-state index is 0.0529. The van der Waals surface area contributed by atoms with Gasteiger partial charge in [0.15, 0.2) is 17.4 Å². The number of amides is 1. The van der Waals surface area contributed by atoms with E-state index in [1.807, 2.05) is 0 Å². The number of likely N-dealkylation sites (tertiary alicyclic amines) is 1. The second-order valence-corrected chi connectivity index (χ2v) is 8.08. The largest absolute Gasteiger partial charge is 0.490 e. The highest BCUT2D eigenvalue weighted by Crippen LogP contribution is 2.36. The Balaban J connectivity index is 1.46. The molecule has 11 heteroatoms. The van der Waals surface area contributed by atoms with Crippen LogP contribution in [0.1, 0.15) is 42.0 Å². The van der Waals surface area contributed by atoms with Crippen molar-refractivity contribution in [1.82, 2.24) is 30.0 Å². The van der Waals surface area contributed by atoms with Gasteiger partial charge in [0.1, 0.15) is 0 Å². The van der Waals surface area contributed by atoms with Crippen LogP contribution in [0, 0.1) is 5.82 Å². The van der Waals surface area contributed by atoms with Crippen molar-refractivity contribution < 1.29 is 18.4 Å². The molecule has 34 heavy (non-hydrogen) atoms. The molecule has 1 aliphatic heterocycles. The summed E-state index contributed by atoms with van der Waals surface area (Å²) in [4.78, 5) is 21.1. The lowest BCUT2D eigenvalue weighted by atomic mass is 10.1. The van der Waals surface area contributed by atoms with E-state index in [1.54, 1.807) is 42.2 Å². The summed E-state index contributed by atoms with van der Waals surface area (Å²) >= 11 is 6.17. The molecule has 0 saturated carbocycles. The van der Waals surface area contributed by atoms with Crippen LogP contribution in [0.5, 0.6) is 5.75 Å². The average Bonchev–Trinajstić information content (AvgIpc) is 3.61. The number of benzene rings is 2. The highest BCUT2D eigenvalue weighted by atomic mass is 35.5. The van der Waals surface area contributed by atoms with E-state index in [4.69, 9.17) is 20.9 Å². The third kappa shape index (κ3) is 4.01. The smallest absolute Gasteiger partial charge is 0.261 e. The number of nitrogens with zero attached hydrogens (tertiary/aromatic N) is 6. The van der Waals surface area contributed by atoms with Crippen LogP contribution in [0.3, 0.4) is 0 Å². The summed E-state index contributed by atoms with van der Waals surface area (Å²) in [6.45, 7) is 2.57. The summed E-state index contributed by atoms with van der Waals surface area (Å²) < 4.78 is 25.2. The number of rotatable bonds is 6. The van der Waals surface area contributed by atoms with Crippen LogP contribution >= 0.6 is 11.6 Å². The Morgan fingerprint density at radius 3 is 2.88 bits per heavy atom. The molecule has 1 fully saturated rings. The Hall–Kier alpha value is -3.79. The van der Waals surface area contributed by atoms with E-state index in [-0.39, 0.29) is 24.2 Å². The maximum atomic E-state index is 14.3. The van der Waals surface area contributed by atoms with Gasteiger partial charge >= 0.3 is 0 Å². The highest BCUT2D eigenvalue weighted by molar-refractivity contribution is 6.31. The number of carbonyl (C=O) groups excluding carboxylic acids is 1. The van der Waals surface area contributed by atoms with Crippen molar-refractivity contribution in [3.05, 3.63) is 71.0 Å². The molecule has 0 unspecified atom stereocenters. The zero-order chi connectivity index (χ0) is 23.7. The maximum Gasteiger partial charge on any atom is 0.261 e. The Morgan fingerprint density at radius 1 is 1.26 bits per heavy atom. The molecule has 0 aliphatic carbocycles. The Morgan fingerprint density at radius 2 is 2.09 bits per heavy atom. The number of halogens is 2. The third-order valence-electron chi connectivity index (χ3n) is 5.56. The van der Waals surface area contributed by atoms with E-state index in [1.165, 1.54) is 23.3 Å². The van der Waals surface area contributed by atoms with Gasteiger partial charge in [-0.25, -0.2) is 4.39 Å². The van der Waals surface area contributed by atoms with Crippen LogP contribution in [0.2, 0.25) is 5.02 Å². The van der Waals surface area contributed by atoms with E-state index < -0.39 is 11.9 Å². The molecule has 0 spiro atoms. The monoisotopic (exact) mass is 482 g/mol. The highest BCUT2D eigenvalue weighted by Gasteiger charge is 2.35. The van der Waals surface area contributed by atoms with Crippen LogP contribution in [-0.4, -0.2) is 49.1 Å². The molecule has 2 aromatic heterocycles. The molecule has 4 aromatic rings. The molecule has 1 aliphatic rings. The molecule has 1 saturated heterocycles. The number of carbonyl (C=O) groups is 1. The molecule has 9 nitrogen and oxygen atoms in total. The first-order valence-electron chi connectivity index (χ1n) is 10.8. The second-order valence-electron chi connectivity index (χ2n) is 7.64. The van der Waals surface area contributed by atoms with Gasteiger partial charge in [0.05, 0.1) is 41.9 Å². The van der Waals surface area contributed by atoms with Gasteiger partial charge in [-0.3, -0.25) is 4.79 Å². The first kappa shape index (κ1) is 22.0. The van der Waals surface area contributed by atoms with Gasteiger partial charge in [-0.15, -0.1) is 0 Å². The van der Waals surface area contributed by atoms with Crippen molar-refractivity contribution in [3.8, 4) is 22.9 Å². The standard InChI is InChI=1S/C23H20ClFN6O3/c1-2-33-20-16(5-3-6-17(20)25)22-28-21(29-34-22)18-7-4-12-30(18)23(32)15-9-8-14(24)13-19(15)31-26-10-11-27-31/h3,5-6,8-11,13,18H,2,4,7,12H2,1H3/t18-/m0/s1. The summed E-state index contributed by atoms with van der Waals surface area (Å²) in [7, 11) is 0. The van der Waals surface area contributed by atoms with E-state index in [0.29, 0.717) is 40.6 Å². The molecule has 5 rings (SSSR count). The lowest BCUT2D eigenvalue weighted by Gasteiger charge is -2.23. The molecule has 174 valence electrons. The zero-order valence-corrected chi connectivity index (χ0v) is 18.9. The second kappa shape index (κ2) is 9.22. The fourth-order valence-electron chi connectivity index (χ4n) is 4.07. The SMILES string of the molecule is CCOc1c(F)cccc1-c1nc([C@@H]2CCCN2C(=O)c2ccc(Cl)cc2-n2nccn2)no1. The van der Waals surface area contributed by atoms with Crippen molar-refractivity contribution in [3.63, 3.8) is 0 Å². The van der Waals surface area contributed by atoms with Crippen LogP contribution < -0.4 is 4.74 Å². The molecular weight excluding hydrogens is 463 g/mol. The normalized spacial score (nSPS) is 15.6. The number of hydrogen-bond donors (Lipinski definition) is 0. The average molecular weight is 483 g/mol. The molecule has 2 aromatic carbocycles. The number of ether oxygens (including phenoxy) is 1. The Kier molecular flexibility index (Phi) is 5.97. The van der Waals surface area contributed by atoms with Gasteiger partial charge < -0.3 is 14.2 Å². The van der Waals surface area contributed by atoms with Crippen LogP contribution in [-0.2, 0) is 0 Å². The Labute approximate surface area is 199 Å². The molecule has 0 N–H and O–H groups in total. The quantitative estimate of drug-likeness (QED) is 0.399. The van der Waals surface area contributed by atoms with Gasteiger partial charge in [-0.1, -0.05) is 22.8 Å². The number of aromatic nitrogens is 5. The van der Waals surface area contributed by atoms with Gasteiger partial charge in [0.25, 0.3) is 11.8 Å². The first-order chi connectivity index (χ1) is 16.6. The zero-order valence-electron chi connectivity index (χ0n) is 18.2. The topological polar surface area (TPSA) is 99.2 Å². The van der Waals surface area contributed by atoms with Gasteiger partial charge in [-0.2, -0.15) is 20.0 Å².